The molecule has 0 amide bonds. The summed E-state index contributed by atoms with van der Waals surface area (Å²) in [4.78, 5) is 11.0. The second kappa shape index (κ2) is 8.96. The van der Waals surface area contributed by atoms with Gasteiger partial charge in [0.1, 0.15) is 18.1 Å². The van der Waals surface area contributed by atoms with E-state index < -0.39 is 5.97 Å². The second-order valence-electron chi connectivity index (χ2n) is 5.63. The largest absolute Gasteiger partial charge is 0.493 e. The fourth-order valence-electron chi connectivity index (χ4n) is 2.34. The van der Waals surface area contributed by atoms with Gasteiger partial charge in [-0.3, -0.25) is 4.79 Å². The van der Waals surface area contributed by atoms with Crippen molar-refractivity contribution >= 4 is 5.97 Å². The molecule has 0 saturated carbocycles. The Morgan fingerprint density at radius 2 is 1.83 bits per heavy atom. The molecule has 24 heavy (non-hydrogen) atoms. The van der Waals surface area contributed by atoms with Crippen LogP contribution < -0.4 is 9.47 Å². The lowest BCUT2D eigenvalue weighted by Gasteiger charge is -2.17. The summed E-state index contributed by atoms with van der Waals surface area (Å²) >= 11 is 0. The van der Waals surface area contributed by atoms with E-state index >= 15 is 0 Å². The van der Waals surface area contributed by atoms with Gasteiger partial charge in [0, 0.05) is 17.5 Å². The molecule has 2 aromatic carbocycles. The predicted molar refractivity (Wildman–Crippen MR) is 93.3 cm³/mol. The number of ether oxygens (including phenoxy) is 2. The second-order valence-corrected chi connectivity index (χ2v) is 5.63. The van der Waals surface area contributed by atoms with Crippen molar-refractivity contribution in [2.24, 2.45) is 0 Å². The van der Waals surface area contributed by atoms with Crippen LogP contribution in [0.3, 0.4) is 0 Å². The van der Waals surface area contributed by atoms with Gasteiger partial charge in [-0.15, -0.1) is 0 Å². The molecule has 127 valence electrons. The Kier molecular flexibility index (Phi) is 6.67. The molecule has 2 aromatic rings. The predicted octanol–water partition coefficient (Wildman–Crippen LogP) is 4.47. The molecule has 0 aliphatic heterocycles. The molecule has 2 rings (SSSR count). The van der Waals surface area contributed by atoms with Crippen LogP contribution in [0.1, 0.15) is 37.8 Å². The molecule has 1 radical (unpaired) electrons. The Morgan fingerprint density at radius 3 is 2.50 bits per heavy atom. The molecule has 0 bridgehead atoms. The van der Waals surface area contributed by atoms with E-state index in [1.165, 1.54) is 0 Å². The minimum atomic E-state index is -0.854. The molecule has 0 heterocycles. The molecule has 0 aliphatic rings. The molecular formula is C20H23O4. The number of hydrogen-bond acceptors (Lipinski definition) is 3. The number of carboxylic acid groups (broad SMARTS) is 1. The van der Waals surface area contributed by atoms with E-state index in [9.17, 15) is 4.79 Å². The molecule has 4 heteroatoms. The van der Waals surface area contributed by atoms with Crippen LogP contribution in [0.25, 0.3) is 0 Å². The monoisotopic (exact) mass is 327 g/mol. The van der Waals surface area contributed by atoms with Gasteiger partial charge >= 0.3 is 5.97 Å². The Labute approximate surface area is 143 Å². The van der Waals surface area contributed by atoms with Crippen LogP contribution in [0.5, 0.6) is 11.5 Å². The van der Waals surface area contributed by atoms with E-state index in [-0.39, 0.29) is 6.42 Å². The summed E-state index contributed by atoms with van der Waals surface area (Å²) in [6, 6.07) is 15.4. The van der Waals surface area contributed by atoms with Crippen molar-refractivity contribution < 1.29 is 19.4 Å². The first-order valence-corrected chi connectivity index (χ1v) is 8.08. The normalized spacial score (nSPS) is 10.6. The van der Waals surface area contributed by atoms with Gasteiger partial charge in [-0.1, -0.05) is 50.2 Å². The third-order valence-electron chi connectivity index (χ3n) is 3.54. The number of rotatable bonds is 9. The third-order valence-corrected chi connectivity index (χ3v) is 3.54. The van der Waals surface area contributed by atoms with E-state index in [0.717, 1.165) is 29.2 Å². The fourth-order valence-corrected chi connectivity index (χ4v) is 2.34. The van der Waals surface area contributed by atoms with Crippen molar-refractivity contribution in [2.75, 3.05) is 6.61 Å². The Balaban J connectivity index is 2.20. The zero-order valence-corrected chi connectivity index (χ0v) is 14.1. The summed E-state index contributed by atoms with van der Waals surface area (Å²) in [6.45, 7) is 4.91. The Hall–Kier alpha value is -2.49. The van der Waals surface area contributed by atoms with Crippen LogP contribution in [0.15, 0.2) is 48.5 Å². The maximum absolute atomic E-state index is 11.0. The smallest absolute Gasteiger partial charge is 0.304 e. The first kappa shape index (κ1) is 17.9. The van der Waals surface area contributed by atoms with Crippen LogP contribution in [0.2, 0.25) is 0 Å². The van der Waals surface area contributed by atoms with E-state index in [2.05, 4.69) is 0 Å². The molecule has 0 atom stereocenters. The summed E-state index contributed by atoms with van der Waals surface area (Å²) in [5, 5.41) is 9.03. The average molecular weight is 327 g/mol. The maximum atomic E-state index is 11.0. The zero-order chi connectivity index (χ0) is 17.4. The first-order chi connectivity index (χ1) is 11.6. The Bertz CT molecular complexity index is 652. The van der Waals surface area contributed by atoms with Crippen molar-refractivity contribution in [1.82, 2.24) is 0 Å². The van der Waals surface area contributed by atoms with Gasteiger partial charge in [-0.05, 0) is 18.1 Å². The summed E-state index contributed by atoms with van der Waals surface area (Å²) in [5.74, 6) is 1.28. The topological polar surface area (TPSA) is 55.8 Å². The van der Waals surface area contributed by atoms with Crippen molar-refractivity contribution in [3.8, 4) is 11.5 Å². The van der Waals surface area contributed by atoms with Crippen LogP contribution in [-0.2, 0) is 11.4 Å². The minimum absolute atomic E-state index is 0.0170. The SMILES string of the molecule is CCCOc1ccc([C](C)CC(=O)O)c(OCc2ccccc2)c1. The van der Waals surface area contributed by atoms with Crippen LogP contribution in [-0.4, -0.2) is 17.7 Å². The van der Waals surface area contributed by atoms with Gasteiger partial charge < -0.3 is 14.6 Å². The molecule has 0 saturated heterocycles. The minimum Gasteiger partial charge on any atom is -0.493 e. The van der Waals surface area contributed by atoms with Crippen LogP contribution in [0, 0.1) is 5.92 Å². The summed E-state index contributed by atoms with van der Waals surface area (Å²) < 4.78 is 11.6. The summed E-state index contributed by atoms with van der Waals surface area (Å²) in [5.41, 5.74) is 1.86. The lowest BCUT2D eigenvalue weighted by molar-refractivity contribution is -0.136. The quantitative estimate of drug-likeness (QED) is 0.738. The summed E-state index contributed by atoms with van der Waals surface area (Å²) in [7, 11) is 0. The molecule has 4 nitrogen and oxygen atoms in total. The highest BCUT2D eigenvalue weighted by Gasteiger charge is 2.17. The molecular weight excluding hydrogens is 304 g/mol. The zero-order valence-electron chi connectivity index (χ0n) is 14.1. The third kappa shape index (κ3) is 5.30. The first-order valence-electron chi connectivity index (χ1n) is 8.08. The molecule has 0 aliphatic carbocycles. The molecule has 1 N–H and O–H groups in total. The van der Waals surface area contributed by atoms with Gasteiger partial charge in [0.05, 0.1) is 13.0 Å². The summed E-state index contributed by atoms with van der Waals surface area (Å²) in [6.07, 6.45) is 0.906. The lowest BCUT2D eigenvalue weighted by atomic mass is 9.96. The average Bonchev–Trinajstić information content (AvgIpc) is 2.58. The van der Waals surface area contributed by atoms with E-state index in [1.54, 1.807) is 0 Å². The number of benzene rings is 2. The Morgan fingerprint density at radius 1 is 1.08 bits per heavy atom. The van der Waals surface area contributed by atoms with Gasteiger partial charge in [0.15, 0.2) is 0 Å². The number of carbonyl (C=O) groups is 1. The lowest BCUT2D eigenvalue weighted by Crippen LogP contribution is -2.07. The van der Waals surface area contributed by atoms with Gasteiger partial charge in [-0.2, -0.15) is 0 Å². The number of aliphatic carboxylic acids is 1. The van der Waals surface area contributed by atoms with Crippen molar-refractivity contribution in [3.63, 3.8) is 0 Å². The molecule has 0 unspecified atom stereocenters. The van der Waals surface area contributed by atoms with E-state index in [1.807, 2.05) is 62.4 Å². The van der Waals surface area contributed by atoms with E-state index in [4.69, 9.17) is 14.6 Å². The molecule has 0 fully saturated rings. The molecule has 0 aromatic heterocycles. The van der Waals surface area contributed by atoms with Gasteiger partial charge in [0.2, 0.25) is 0 Å². The van der Waals surface area contributed by atoms with Gasteiger partial charge in [-0.25, -0.2) is 0 Å². The van der Waals surface area contributed by atoms with Crippen molar-refractivity contribution in [1.29, 1.82) is 0 Å². The number of carboxylic acids is 1. The fraction of sp³-hybridized carbons (Fsp3) is 0.300. The maximum Gasteiger partial charge on any atom is 0.304 e. The molecule has 0 spiro atoms. The highest BCUT2D eigenvalue weighted by atomic mass is 16.5. The van der Waals surface area contributed by atoms with Crippen molar-refractivity contribution in [3.05, 3.63) is 65.6 Å². The highest BCUT2D eigenvalue weighted by molar-refractivity contribution is 5.71. The highest BCUT2D eigenvalue weighted by Crippen LogP contribution is 2.32. The number of hydrogen-bond donors (Lipinski definition) is 1. The van der Waals surface area contributed by atoms with Gasteiger partial charge in [0.25, 0.3) is 0 Å². The van der Waals surface area contributed by atoms with Crippen molar-refractivity contribution in [2.45, 2.75) is 33.3 Å². The standard InChI is InChI=1S/C20H23O4/c1-3-11-23-17-9-10-18(15(2)12-20(21)22)19(13-17)24-14-16-7-5-4-6-8-16/h4-10,13H,3,11-12,14H2,1-2H3,(H,21,22). The van der Waals surface area contributed by atoms with E-state index in [0.29, 0.717) is 19.0 Å². The van der Waals surface area contributed by atoms with Crippen LogP contribution >= 0.6 is 0 Å². The van der Waals surface area contributed by atoms with Crippen LogP contribution in [0.4, 0.5) is 0 Å².